The minimum atomic E-state index is 0.566. The number of nitrogens with one attached hydrogen (secondary N) is 1. The van der Waals surface area contributed by atoms with Gasteiger partial charge in [-0.2, -0.15) is 0 Å². The molecule has 0 spiro atoms. The third-order valence-corrected chi connectivity index (χ3v) is 2.64. The molecule has 2 rings (SSSR count). The van der Waals surface area contributed by atoms with Gasteiger partial charge in [0.25, 0.3) is 0 Å². The molecule has 1 aromatic rings. The molecule has 4 heteroatoms. The van der Waals surface area contributed by atoms with Crippen molar-refractivity contribution in [2.45, 2.75) is 13.5 Å². The van der Waals surface area contributed by atoms with Crippen molar-refractivity contribution in [1.82, 2.24) is 5.32 Å². The quantitative estimate of drug-likeness (QED) is 0.811. The Labute approximate surface area is 108 Å². The molecule has 1 aliphatic heterocycles. The molecule has 0 atom stereocenters. The third-order valence-electron chi connectivity index (χ3n) is 2.64. The molecule has 4 nitrogen and oxygen atoms in total. The Bertz CT molecular complexity index is 426. The largest absolute Gasteiger partial charge is 0.493 e. The summed E-state index contributed by atoms with van der Waals surface area (Å²) in [7, 11) is 1.64. The van der Waals surface area contributed by atoms with E-state index < -0.39 is 0 Å². The second-order valence-electron chi connectivity index (χ2n) is 4.38. The van der Waals surface area contributed by atoms with Crippen LogP contribution in [0.1, 0.15) is 12.5 Å². The van der Waals surface area contributed by atoms with Crippen LogP contribution in [0.2, 0.25) is 0 Å². The Hall–Kier alpha value is -1.68. The van der Waals surface area contributed by atoms with Gasteiger partial charge in [-0.15, -0.1) is 0 Å². The molecule has 0 unspecified atom stereocenters. The van der Waals surface area contributed by atoms with Crippen molar-refractivity contribution >= 4 is 0 Å². The average Bonchev–Trinajstić information content (AvgIpc) is 2.37. The summed E-state index contributed by atoms with van der Waals surface area (Å²) in [6, 6.07) is 3.96. The Morgan fingerprint density at radius 2 is 2.17 bits per heavy atom. The van der Waals surface area contributed by atoms with Gasteiger partial charge in [-0.1, -0.05) is 12.2 Å². The molecule has 0 aliphatic carbocycles. The van der Waals surface area contributed by atoms with Gasteiger partial charge in [0.15, 0.2) is 11.5 Å². The highest BCUT2D eigenvalue weighted by atomic mass is 16.6. The number of fused-ring (bicyclic) bond motifs is 1. The standard InChI is InChI=1S/C14H19NO3/c1-10(2)8-15-9-11-6-12(16-3)14-13(7-11)17-4-5-18-14/h6-7,15H,1,4-5,8-9H2,2-3H3. The number of ether oxygens (including phenoxy) is 3. The Morgan fingerprint density at radius 1 is 1.39 bits per heavy atom. The van der Waals surface area contributed by atoms with Crippen molar-refractivity contribution in [3.63, 3.8) is 0 Å². The predicted octanol–water partition coefficient (Wildman–Crippen LogP) is 2.13. The van der Waals surface area contributed by atoms with Crippen LogP contribution in [0.4, 0.5) is 0 Å². The van der Waals surface area contributed by atoms with Crippen LogP contribution < -0.4 is 19.5 Å². The van der Waals surface area contributed by atoms with Crippen LogP contribution in [-0.4, -0.2) is 26.9 Å². The fourth-order valence-electron chi connectivity index (χ4n) is 1.85. The van der Waals surface area contributed by atoms with Crippen LogP contribution in [0, 0.1) is 0 Å². The zero-order valence-electron chi connectivity index (χ0n) is 10.9. The second-order valence-corrected chi connectivity index (χ2v) is 4.38. The lowest BCUT2D eigenvalue weighted by molar-refractivity contribution is 0.165. The highest BCUT2D eigenvalue weighted by molar-refractivity contribution is 5.54. The molecular weight excluding hydrogens is 230 g/mol. The number of benzene rings is 1. The minimum Gasteiger partial charge on any atom is -0.493 e. The van der Waals surface area contributed by atoms with Gasteiger partial charge in [-0.3, -0.25) is 0 Å². The summed E-state index contributed by atoms with van der Waals surface area (Å²) >= 11 is 0. The average molecular weight is 249 g/mol. The maximum Gasteiger partial charge on any atom is 0.203 e. The van der Waals surface area contributed by atoms with E-state index in [9.17, 15) is 0 Å². The van der Waals surface area contributed by atoms with Gasteiger partial charge in [0.1, 0.15) is 13.2 Å². The number of hydrogen-bond acceptors (Lipinski definition) is 4. The first-order valence-electron chi connectivity index (χ1n) is 6.02. The topological polar surface area (TPSA) is 39.7 Å². The lowest BCUT2D eigenvalue weighted by atomic mass is 10.1. The molecule has 1 aromatic carbocycles. The smallest absolute Gasteiger partial charge is 0.203 e. The Kier molecular flexibility index (Phi) is 4.10. The maximum absolute atomic E-state index is 5.58. The molecule has 1 heterocycles. The minimum absolute atomic E-state index is 0.566. The first-order chi connectivity index (χ1) is 8.70. The van der Waals surface area contributed by atoms with Crippen LogP contribution in [-0.2, 0) is 6.54 Å². The zero-order chi connectivity index (χ0) is 13.0. The van der Waals surface area contributed by atoms with Gasteiger partial charge in [-0.05, 0) is 24.6 Å². The summed E-state index contributed by atoms with van der Waals surface area (Å²) in [5.74, 6) is 2.18. The van der Waals surface area contributed by atoms with E-state index in [0.717, 1.165) is 35.7 Å². The summed E-state index contributed by atoms with van der Waals surface area (Å²) in [6.45, 7) is 8.56. The lowest BCUT2D eigenvalue weighted by Gasteiger charge is -2.21. The summed E-state index contributed by atoms with van der Waals surface area (Å²) < 4.78 is 16.5. The molecule has 1 aliphatic rings. The molecule has 0 bridgehead atoms. The van der Waals surface area contributed by atoms with Crippen LogP contribution >= 0.6 is 0 Å². The molecule has 98 valence electrons. The summed E-state index contributed by atoms with van der Waals surface area (Å²) in [5, 5.41) is 3.31. The highest BCUT2D eigenvalue weighted by Gasteiger charge is 2.18. The Balaban J connectivity index is 2.13. The van der Waals surface area contributed by atoms with E-state index in [-0.39, 0.29) is 0 Å². The van der Waals surface area contributed by atoms with Crippen molar-refractivity contribution in [3.05, 3.63) is 29.8 Å². The van der Waals surface area contributed by atoms with E-state index in [1.807, 2.05) is 19.1 Å². The van der Waals surface area contributed by atoms with E-state index in [2.05, 4.69) is 11.9 Å². The SMILES string of the molecule is C=C(C)CNCc1cc(OC)c2c(c1)OCCO2. The fourth-order valence-corrected chi connectivity index (χ4v) is 1.85. The van der Waals surface area contributed by atoms with E-state index in [4.69, 9.17) is 14.2 Å². The number of methoxy groups -OCH3 is 1. The van der Waals surface area contributed by atoms with Gasteiger partial charge >= 0.3 is 0 Å². The summed E-state index contributed by atoms with van der Waals surface area (Å²) in [4.78, 5) is 0. The molecular formula is C14H19NO3. The van der Waals surface area contributed by atoms with Crippen molar-refractivity contribution < 1.29 is 14.2 Å². The molecule has 0 aromatic heterocycles. The van der Waals surface area contributed by atoms with E-state index >= 15 is 0 Å². The molecule has 0 amide bonds. The summed E-state index contributed by atoms with van der Waals surface area (Å²) in [5.41, 5.74) is 2.22. The molecule has 1 N–H and O–H groups in total. The zero-order valence-corrected chi connectivity index (χ0v) is 10.9. The van der Waals surface area contributed by atoms with Crippen molar-refractivity contribution in [1.29, 1.82) is 0 Å². The number of rotatable bonds is 5. The van der Waals surface area contributed by atoms with Gasteiger partial charge in [0, 0.05) is 13.1 Å². The van der Waals surface area contributed by atoms with Crippen LogP contribution in [0.5, 0.6) is 17.2 Å². The molecule has 18 heavy (non-hydrogen) atoms. The monoisotopic (exact) mass is 249 g/mol. The van der Waals surface area contributed by atoms with Crippen molar-refractivity contribution in [2.24, 2.45) is 0 Å². The first-order valence-corrected chi connectivity index (χ1v) is 6.02. The normalized spacial score (nSPS) is 13.2. The Morgan fingerprint density at radius 3 is 2.89 bits per heavy atom. The van der Waals surface area contributed by atoms with Gasteiger partial charge in [0.05, 0.1) is 7.11 Å². The van der Waals surface area contributed by atoms with Crippen molar-refractivity contribution in [3.8, 4) is 17.2 Å². The van der Waals surface area contributed by atoms with Crippen LogP contribution in [0.15, 0.2) is 24.3 Å². The van der Waals surface area contributed by atoms with Gasteiger partial charge in [-0.25, -0.2) is 0 Å². The maximum atomic E-state index is 5.58. The molecule has 0 radical (unpaired) electrons. The molecule has 0 fully saturated rings. The first kappa shape index (κ1) is 12.8. The van der Waals surface area contributed by atoms with Gasteiger partial charge in [0.2, 0.25) is 5.75 Å². The van der Waals surface area contributed by atoms with Crippen molar-refractivity contribution in [2.75, 3.05) is 26.9 Å². The molecule has 0 saturated carbocycles. The van der Waals surface area contributed by atoms with Crippen LogP contribution in [0.25, 0.3) is 0 Å². The predicted molar refractivity (Wildman–Crippen MR) is 70.5 cm³/mol. The second kappa shape index (κ2) is 5.78. The van der Waals surface area contributed by atoms with Gasteiger partial charge < -0.3 is 19.5 Å². The van der Waals surface area contributed by atoms with E-state index in [1.54, 1.807) is 7.11 Å². The number of hydrogen-bond donors (Lipinski definition) is 1. The molecule has 0 saturated heterocycles. The fraction of sp³-hybridized carbons (Fsp3) is 0.429. The third kappa shape index (κ3) is 2.96. The lowest BCUT2D eigenvalue weighted by Crippen LogP contribution is -2.18. The van der Waals surface area contributed by atoms with Crippen LogP contribution in [0.3, 0.4) is 0 Å². The highest BCUT2D eigenvalue weighted by Crippen LogP contribution is 2.40. The van der Waals surface area contributed by atoms with E-state index in [0.29, 0.717) is 19.0 Å². The summed E-state index contributed by atoms with van der Waals surface area (Å²) in [6.07, 6.45) is 0. The van der Waals surface area contributed by atoms with E-state index in [1.165, 1.54) is 0 Å².